The summed E-state index contributed by atoms with van der Waals surface area (Å²) < 4.78 is 24.2. The maximum atomic E-state index is 13.5. The number of hydrogen-bond acceptors (Lipinski definition) is 5. The monoisotopic (exact) mass is 403 g/mol. The minimum absolute atomic E-state index is 0.0349. The van der Waals surface area contributed by atoms with Crippen LogP contribution in [0.5, 0.6) is 0 Å². The predicted octanol–water partition coefficient (Wildman–Crippen LogP) is 4.14. The Kier molecular flexibility index (Phi) is 7.70. The zero-order chi connectivity index (χ0) is 20.6. The van der Waals surface area contributed by atoms with E-state index >= 15 is 0 Å². The Morgan fingerprint density at radius 3 is 1.79 bits per heavy atom. The fourth-order valence-corrected chi connectivity index (χ4v) is 4.43. The molecule has 0 saturated carbocycles. The zero-order valence-corrected chi connectivity index (χ0v) is 16.5. The number of amides is 1. The number of carbonyl (C=O) groups excluding carboxylic acids is 1. The van der Waals surface area contributed by atoms with Crippen molar-refractivity contribution in [1.82, 2.24) is 5.32 Å². The van der Waals surface area contributed by atoms with Crippen molar-refractivity contribution >= 4 is 24.8 Å². The minimum Gasteiger partial charge on any atom is -0.477 e. The molecule has 2 rings (SSSR count). The lowest BCUT2D eigenvalue weighted by Crippen LogP contribution is -2.29. The average molecular weight is 403 g/mol. The van der Waals surface area contributed by atoms with Crippen LogP contribution in [0.1, 0.15) is 29.8 Å². The van der Waals surface area contributed by atoms with Gasteiger partial charge in [0.25, 0.3) is 5.91 Å². The largest absolute Gasteiger partial charge is 0.477 e. The fourth-order valence-electron chi connectivity index (χ4n) is 2.53. The molecule has 8 heteroatoms. The number of aliphatic carboxylic acids is 1. The van der Waals surface area contributed by atoms with Gasteiger partial charge >= 0.3 is 13.6 Å². The molecule has 28 heavy (non-hydrogen) atoms. The van der Waals surface area contributed by atoms with E-state index in [2.05, 4.69) is 5.32 Å². The van der Waals surface area contributed by atoms with Crippen molar-refractivity contribution < 1.29 is 28.3 Å². The van der Waals surface area contributed by atoms with Gasteiger partial charge in [0, 0.05) is 5.56 Å². The molecule has 0 atom stereocenters. The van der Waals surface area contributed by atoms with Gasteiger partial charge in [-0.1, -0.05) is 48.5 Å². The van der Waals surface area contributed by atoms with E-state index in [1.165, 1.54) is 0 Å². The fraction of sp³-hybridized carbons (Fsp3) is 0.200. The summed E-state index contributed by atoms with van der Waals surface area (Å²) in [6.45, 7) is 3.31. The molecule has 0 fully saturated rings. The third kappa shape index (κ3) is 5.16. The number of benzene rings is 2. The van der Waals surface area contributed by atoms with Gasteiger partial charge in [0.1, 0.15) is 11.0 Å². The molecule has 7 nitrogen and oxygen atoms in total. The third-order valence-corrected chi connectivity index (χ3v) is 5.87. The predicted molar refractivity (Wildman–Crippen MR) is 106 cm³/mol. The molecular weight excluding hydrogens is 381 g/mol. The highest BCUT2D eigenvalue weighted by Crippen LogP contribution is 2.61. The number of carbonyl (C=O) groups is 2. The molecule has 0 heterocycles. The summed E-state index contributed by atoms with van der Waals surface area (Å²) in [6.07, 6.45) is 0. The first-order chi connectivity index (χ1) is 13.4. The maximum Gasteiger partial charge on any atom is 0.364 e. The lowest BCUT2D eigenvalue weighted by molar-refractivity contribution is -0.132. The standard InChI is InChI=1S/C20H22NO6P/c1-3-26-28(25,27-4-2)18(15-11-7-5-8-12-15)17(20(23)24)21-19(22)16-13-9-6-10-14-16/h5-14H,3-4H2,1-2H3,(H,21,22)(H,23,24)/b18-17+. The number of rotatable bonds is 9. The van der Waals surface area contributed by atoms with E-state index in [4.69, 9.17) is 9.05 Å². The summed E-state index contributed by atoms with van der Waals surface area (Å²) in [5.41, 5.74) is 0.0279. The van der Waals surface area contributed by atoms with Crippen LogP contribution in [0.15, 0.2) is 66.4 Å². The molecule has 2 N–H and O–H groups in total. The molecule has 0 bridgehead atoms. The van der Waals surface area contributed by atoms with Crippen LogP contribution < -0.4 is 5.32 Å². The van der Waals surface area contributed by atoms with Gasteiger partial charge in [-0.15, -0.1) is 0 Å². The molecule has 0 unspecified atom stereocenters. The van der Waals surface area contributed by atoms with Crippen LogP contribution in [0.25, 0.3) is 5.31 Å². The van der Waals surface area contributed by atoms with E-state index in [9.17, 15) is 19.3 Å². The Morgan fingerprint density at radius 1 is 0.893 bits per heavy atom. The first-order valence-electron chi connectivity index (χ1n) is 8.72. The Morgan fingerprint density at radius 2 is 1.36 bits per heavy atom. The lowest BCUT2D eigenvalue weighted by atomic mass is 10.1. The molecule has 2 aromatic carbocycles. The number of carboxylic acids is 1. The Hall–Kier alpha value is -2.73. The van der Waals surface area contributed by atoms with Gasteiger partial charge in [-0.25, -0.2) is 4.79 Å². The minimum atomic E-state index is -4.03. The van der Waals surface area contributed by atoms with E-state index in [0.717, 1.165) is 0 Å². The summed E-state index contributed by atoms with van der Waals surface area (Å²) >= 11 is 0. The highest BCUT2D eigenvalue weighted by atomic mass is 31.2. The molecular formula is C20H22NO6P. The van der Waals surface area contributed by atoms with Gasteiger partial charge in [-0.05, 0) is 31.5 Å². The van der Waals surface area contributed by atoms with Crippen molar-refractivity contribution in [3.05, 3.63) is 77.5 Å². The summed E-state index contributed by atoms with van der Waals surface area (Å²) in [6, 6.07) is 16.4. The quantitative estimate of drug-likeness (QED) is 0.482. The van der Waals surface area contributed by atoms with Crippen LogP contribution in [0.4, 0.5) is 0 Å². The van der Waals surface area contributed by atoms with Gasteiger partial charge in [0.05, 0.1) is 13.2 Å². The van der Waals surface area contributed by atoms with Crippen molar-refractivity contribution in [2.24, 2.45) is 0 Å². The van der Waals surface area contributed by atoms with Gasteiger partial charge in [-0.2, -0.15) is 0 Å². The second-order valence-electron chi connectivity index (χ2n) is 5.55. The first-order valence-corrected chi connectivity index (χ1v) is 10.3. The van der Waals surface area contributed by atoms with Crippen molar-refractivity contribution in [2.75, 3.05) is 13.2 Å². The average Bonchev–Trinajstić information content (AvgIpc) is 2.69. The highest BCUT2D eigenvalue weighted by molar-refractivity contribution is 7.65. The summed E-state index contributed by atoms with van der Waals surface area (Å²) in [5, 5.41) is 12.0. The van der Waals surface area contributed by atoms with E-state index in [-0.39, 0.29) is 24.1 Å². The van der Waals surface area contributed by atoms with E-state index in [1.807, 2.05) is 0 Å². The van der Waals surface area contributed by atoms with Crippen LogP contribution in [0.2, 0.25) is 0 Å². The van der Waals surface area contributed by atoms with E-state index in [0.29, 0.717) is 5.56 Å². The van der Waals surface area contributed by atoms with Gasteiger partial charge in [0.2, 0.25) is 0 Å². The molecule has 0 aliphatic heterocycles. The summed E-state index contributed by atoms with van der Waals surface area (Å²) in [4.78, 5) is 24.6. The normalized spacial score (nSPS) is 12.2. The molecule has 0 spiro atoms. The van der Waals surface area contributed by atoms with Crippen LogP contribution >= 0.6 is 7.60 Å². The topological polar surface area (TPSA) is 102 Å². The van der Waals surface area contributed by atoms with E-state index in [1.54, 1.807) is 74.5 Å². The van der Waals surface area contributed by atoms with Gasteiger partial charge < -0.3 is 19.5 Å². The van der Waals surface area contributed by atoms with Crippen LogP contribution in [-0.2, 0) is 18.4 Å². The van der Waals surface area contributed by atoms with Crippen molar-refractivity contribution in [2.45, 2.75) is 13.8 Å². The molecule has 0 aromatic heterocycles. The highest BCUT2D eigenvalue weighted by Gasteiger charge is 2.36. The zero-order valence-electron chi connectivity index (χ0n) is 15.6. The first kappa shape index (κ1) is 21.6. The summed E-state index contributed by atoms with van der Waals surface area (Å²) in [7, 11) is -4.03. The van der Waals surface area contributed by atoms with Crippen molar-refractivity contribution in [3.63, 3.8) is 0 Å². The Labute approximate surface area is 163 Å². The Balaban J connectivity index is 2.66. The van der Waals surface area contributed by atoms with Crippen LogP contribution in [-0.4, -0.2) is 30.2 Å². The van der Waals surface area contributed by atoms with Crippen LogP contribution in [0, 0.1) is 0 Å². The van der Waals surface area contributed by atoms with Crippen molar-refractivity contribution in [3.8, 4) is 0 Å². The summed E-state index contributed by atoms with van der Waals surface area (Å²) in [5.74, 6) is -2.10. The smallest absolute Gasteiger partial charge is 0.364 e. The van der Waals surface area contributed by atoms with Crippen LogP contribution in [0.3, 0.4) is 0 Å². The molecule has 0 saturated heterocycles. The number of carboxylic acid groups (broad SMARTS) is 1. The molecule has 1 amide bonds. The lowest BCUT2D eigenvalue weighted by Gasteiger charge is -2.22. The second-order valence-corrected chi connectivity index (χ2v) is 7.51. The molecule has 0 aliphatic rings. The number of hydrogen-bond donors (Lipinski definition) is 2. The molecule has 148 valence electrons. The van der Waals surface area contributed by atoms with Gasteiger partial charge in [0.15, 0.2) is 0 Å². The molecule has 0 aliphatic carbocycles. The second kappa shape index (κ2) is 9.99. The molecule has 2 aromatic rings. The number of nitrogens with one attached hydrogen (secondary N) is 1. The third-order valence-electron chi connectivity index (χ3n) is 3.64. The Bertz CT molecular complexity index is 885. The van der Waals surface area contributed by atoms with Gasteiger partial charge in [-0.3, -0.25) is 9.36 Å². The molecule has 0 radical (unpaired) electrons. The van der Waals surface area contributed by atoms with E-state index < -0.39 is 25.2 Å². The van der Waals surface area contributed by atoms with Crippen molar-refractivity contribution in [1.29, 1.82) is 0 Å². The SMILES string of the molecule is CCOP(=O)(OCC)/C(=C(/NC(=O)c1ccccc1)C(=O)O)c1ccccc1. The maximum absolute atomic E-state index is 13.5.